The number of hydrogen-bond donors (Lipinski definition) is 1. The molecular weight excluding hydrogens is 426 g/mol. The Labute approximate surface area is 202 Å². The van der Waals surface area contributed by atoms with E-state index in [1.807, 2.05) is 68.4 Å². The standard InChI is InChI=1S/C29H31NO4/c1-5-17-32-28-27(33-20-22-9-7-6-8-10-22)25-18-23(13-16-26(25)34-29(28,2)3)30-19-21-11-14-24(31-4)15-12-21/h1,6-16,18,27-28,30H,17,19-20H2,2-4H3. The Morgan fingerprint density at radius 1 is 0.971 bits per heavy atom. The minimum absolute atomic E-state index is 0.188. The molecule has 0 aliphatic carbocycles. The molecule has 2 unspecified atom stereocenters. The lowest BCUT2D eigenvalue weighted by molar-refractivity contribution is -0.160. The van der Waals surface area contributed by atoms with Gasteiger partial charge in [-0.1, -0.05) is 48.4 Å². The van der Waals surface area contributed by atoms with Crippen molar-refractivity contribution in [1.29, 1.82) is 0 Å². The highest BCUT2D eigenvalue weighted by molar-refractivity contribution is 5.54. The summed E-state index contributed by atoms with van der Waals surface area (Å²) in [7, 11) is 1.67. The van der Waals surface area contributed by atoms with Crippen LogP contribution in [0.5, 0.6) is 11.5 Å². The van der Waals surface area contributed by atoms with E-state index in [4.69, 9.17) is 25.4 Å². The Morgan fingerprint density at radius 3 is 2.44 bits per heavy atom. The largest absolute Gasteiger partial charge is 0.497 e. The Morgan fingerprint density at radius 2 is 1.74 bits per heavy atom. The highest BCUT2D eigenvalue weighted by atomic mass is 16.6. The maximum atomic E-state index is 6.47. The van der Waals surface area contributed by atoms with Crippen molar-refractivity contribution in [3.05, 3.63) is 89.5 Å². The van der Waals surface area contributed by atoms with Gasteiger partial charge in [0, 0.05) is 17.8 Å². The van der Waals surface area contributed by atoms with E-state index < -0.39 is 5.60 Å². The van der Waals surface area contributed by atoms with E-state index in [0.717, 1.165) is 33.9 Å². The summed E-state index contributed by atoms with van der Waals surface area (Å²) in [4.78, 5) is 0. The molecule has 5 nitrogen and oxygen atoms in total. The maximum Gasteiger partial charge on any atom is 0.132 e. The molecule has 1 aliphatic rings. The maximum absolute atomic E-state index is 6.47. The predicted molar refractivity (Wildman–Crippen MR) is 134 cm³/mol. The third kappa shape index (κ3) is 5.53. The molecule has 0 saturated heterocycles. The number of nitrogens with one attached hydrogen (secondary N) is 1. The fraction of sp³-hybridized carbons (Fsp3) is 0.310. The van der Waals surface area contributed by atoms with Gasteiger partial charge >= 0.3 is 0 Å². The number of fused-ring (bicyclic) bond motifs is 1. The van der Waals surface area contributed by atoms with Crippen LogP contribution in [-0.4, -0.2) is 25.4 Å². The Balaban J connectivity index is 1.58. The molecule has 0 amide bonds. The van der Waals surface area contributed by atoms with E-state index in [-0.39, 0.29) is 18.8 Å². The van der Waals surface area contributed by atoms with Crippen LogP contribution in [0, 0.1) is 12.3 Å². The van der Waals surface area contributed by atoms with Crippen LogP contribution in [0.4, 0.5) is 5.69 Å². The first kappa shape index (κ1) is 23.7. The van der Waals surface area contributed by atoms with E-state index in [9.17, 15) is 0 Å². The number of methoxy groups -OCH3 is 1. The molecule has 5 heteroatoms. The van der Waals surface area contributed by atoms with Crippen molar-refractivity contribution < 1.29 is 18.9 Å². The highest BCUT2D eigenvalue weighted by Gasteiger charge is 2.45. The molecule has 4 rings (SSSR count). The molecule has 3 aromatic rings. The quantitative estimate of drug-likeness (QED) is 0.414. The molecule has 0 spiro atoms. The topological polar surface area (TPSA) is 49.0 Å². The average molecular weight is 458 g/mol. The van der Waals surface area contributed by atoms with Crippen molar-refractivity contribution in [1.82, 2.24) is 0 Å². The van der Waals surface area contributed by atoms with Gasteiger partial charge in [-0.15, -0.1) is 6.42 Å². The van der Waals surface area contributed by atoms with Crippen molar-refractivity contribution in [2.45, 2.75) is 44.8 Å². The summed E-state index contributed by atoms with van der Waals surface area (Å²) in [5.74, 6) is 4.21. The molecular formula is C29H31NO4. The number of benzene rings is 3. The lowest BCUT2D eigenvalue weighted by Crippen LogP contribution is -2.51. The van der Waals surface area contributed by atoms with Gasteiger partial charge in [0.25, 0.3) is 0 Å². The fourth-order valence-corrected chi connectivity index (χ4v) is 4.15. The van der Waals surface area contributed by atoms with Crippen LogP contribution in [0.2, 0.25) is 0 Å². The van der Waals surface area contributed by atoms with Gasteiger partial charge < -0.3 is 24.3 Å². The van der Waals surface area contributed by atoms with Gasteiger partial charge in [-0.3, -0.25) is 0 Å². The van der Waals surface area contributed by atoms with Crippen LogP contribution in [0.3, 0.4) is 0 Å². The van der Waals surface area contributed by atoms with Crippen molar-refractivity contribution in [2.75, 3.05) is 19.0 Å². The molecule has 0 fully saturated rings. The van der Waals surface area contributed by atoms with Crippen LogP contribution < -0.4 is 14.8 Å². The van der Waals surface area contributed by atoms with Crippen LogP contribution >= 0.6 is 0 Å². The zero-order valence-electron chi connectivity index (χ0n) is 19.9. The minimum Gasteiger partial charge on any atom is -0.497 e. The van der Waals surface area contributed by atoms with E-state index in [1.165, 1.54) is 0 Å². The molecule has 0 bridgehead atoms. The van der Waals surface area contributed by atoms with E-state index in [2.05, 4.69) is 29.4 Å². The van der Waals surface area contributed by atoms with Gasteiger partial charge in [0.15, 0.2) is 0 Å². The van der Waals surface area contributed by atoms with Gasteiger partial charge in [-0.05, 0) is 55.3 Å². The molecule has 0 aromatic heterocycles. The molecule has 1 N–H and O–H groups in total. The summed E-state index contributed by atoms with van der Waals surface area (Å²) in [6.45, 7) is 5.34. The first-order chi connectivity index (χ1) is 16.5. The summed E-state index contributed by atoms with van der Waals surface area (Å²) in [5, 5.41) is 3.50. The van der Waals surface area contributed by atoms with E-state index in [1.54, 1.807) is 7.11 Å². The molecule has 1 heterocycles. The number of anilines is 1. The van der Waals surface area contributed by atoms with Crippen LogP contribution in [0.25, 0.3) is 0 Å². The van der Waals surface area contributed by atoms with Crippen LogP contribution in [0.15, 0.2) is 72.8 Å². The van der Waals surface area contributed by atoms with Crippen molar-refractivity contribution >= 4 is 5.69 Å². The zero-order valence-corrected chi connectivity index (χ0v) is 19.9. The highest BCUT2D eigenvalue weighted by Crippen LogP contribution is 2.44. The van der Waals surface area contributed by atoms with Gasteiger partial charge in [0.05, 0.1) is 13.7 Å². The lowest BCUT2D eigenvalue weighted by Gasteiger charge is -2.44. The second kappa shape index (κ2) is 10.6. The van der Waals surface area contributed by atoms with Crippen molar-refractivity contribution in [3.63, 3.8) is 0 Å². The summed E-state index contributed by atoms with van der Waals surface area (Å²) < 4.78 is 24.1. The van der Waals surface area contributed by atoms with Gasteiger partial charge in [-0.2, -0.15) is 0 Å². The smallest absolute Gasteiger partial charge is 0.132 e. The molecule has 0 saturated carbocycles. The third-order valence-corrected chi connectivity index (χ3v) is 5.92. The number of hydrogen-bond acceptors (Lipinski definition) is 5. The average Bonchev–Trinajstić information content (AvgIpc) is 2.86. The number of ether oxygens (including phenoxy) is 4. The predicted octanol–water partition coefficient (Wildman–Crippen LogP) is 5.75. The van der Waals surface area contributed by atoms with Gasteiger partial charge in [0.2, 0.25) is 0 Å². The zero-order chi connectivity index (χ0) is 24.0. The van der Waals surface area contributed by atoms with Gasteiger partial charge in [-0.25, -0.2) is 0 Å². The normalized spacial score (nSPS) is 18.3. The number of terminal acetylenes is 1. The summed E-state index contributed by atoms with van der Waals surface area (Å²) in [5.41, 5.74) is 3.56. The third-order valence-electron chi connectivity index (χ3n) is 5.92. The summed E-state index contributed by atoms with van der Waals surface area (Å²) in [6, 6.07) is 24.2. The molecule has 1 aliphatic heterocycles. The SMILES string of the molecule is C#CCOC1C(OCc2ccccc2)c2cc(NCc3ccc(OC)cc3)ccc2OC1(C)C. The first-order valence-corrected chi connectivity index (χ1v) is 11.4. The Bertz CT molecular complexity index is 1120. The monoisotopic (exact) mass is 457 g/mol. The lowest BCUT2D eigenvalue weighted by atomic mass is 9.87. The Kier molecular flexibility index (Phi) is 7.42. The van der Waals surface area contributed by atoms with Crippen molar-refractivity contribution in [2.24, 2.45) is 0 Å². The summed E-state index contributed by atoms with van der Waals surface area (Å²) in [6.07, 6.45) is 4.80. The molecule has 3 aromatic carbocycles. The van der Waals surface area contributed by atoms with Crippen molar-refractivity contribution in [3.8, 4) is 23.8 Å². The Hall–Kier alpha value is -3.46. The second-order valence-electron chi connectivity index (χ2n) is 8.81. The fourth-order valence-electron chi connectivity index (χ4n) is 4.15. The molecule has 2 atom stereocenters. The first-order valence-electron chi connectivity index (χ1n) is 11.4. The minimum atomic E-state index is -0.608. The van der Waals surface area contributed by atoms with Gasteiger partial charge in [0.1, 0.15) is 35.9 Å². The van der Waals surface area contributed by atoms with E-state index >= 15 is 0 Å². The molecule has 34 heavy (non-hydrogen) atoms. The summed E-state index contributed by atoms with van der Waals surface area (Å²) >= 11 is 0. The molecule has 0 radical (unpaired) electrons. The van der Waals surface area contributed by atoms with Crippen LogP contribution in [-0.2, 0) is 22.6 Å². The van der Waals surface area contributed by atoms with Crippen LogP contribution in [0.1, 0.15) is 36.6 Å². The van der Waals surface area contributed by atoms with E-state index in [0.29, 0.717) is 13.2 Å². The number of rotatable bonds is 9. The second-order valence-corrected chi connectivity index (χ2v) is 8.81. The molecule has 176 valence electrons.